The highest BCUT2D eigenvalue weighted by Crippen LogP contribution is 2.38. The van der Waals surface area contributed by atoms with Gasteiger partial charge in [-0.1, -0.05) is 12.1 Å². The van der Waals surface area contributed by atoms with E-state index in [0.717, 1.165) is 31.9 Å². The van der Waals surface area contributed by atoms with E-state index >= 15 is 0 Å². The minimum Gasteiger partial charge on any atom is -0.465 e. The number of carbonyl (C=O) groups is 4. The Balaban J connectivity index is 1.46. The molecule has 228 valence electrons. The van der Waals surface area contributed by atoms with Gasteiger partial charge in [-0.2, -0.15) is 0 Å². The van der Waals surface area contributed by atoms with Gasteiger partial charge in [-0.25, -0.2) is 9.59 Å². The Hall–Kier alpha value is -5.00. The molecule has 0 aliphatic carbocycles. The number of fused-ring (bicyclic) bond motifs is 1. The molecule has 0 bridgehead atoms. The van der Waals surface area contributed by atoms with Crippen LogP contribution in [0.25, 0.3) is 11.3 Å². The Kier molecular flexibility index (Phi) is 9.07. The van der Waals surface area contributed by atoms with Crippen LogP contribution in [0.4, 0.5) is 17.1 Å². The first kappa shape index (κ1) is 30.5. The van der Waals surface area contributed by atoms with Crippen LogP contribution in [0.3, 0.4) is 0 Å². The summed E-state index contributed by atoms with van der Waals surface area (Å²) >= 11 is 0. The number of likely N-dealkylation sites (N-methyl/N-ethyl adjacent to an activating group) is 2. The first-order valence-electron chi connectivity index (χ1n) is 14.2. The summed E-state index contributed by atoms with van der Waals surface area (Å²) < 4.78 is 9.72. The number of ether oxygens (including phenoxy) is 2. The van der Waals surface area contributed by atoms with Gasteiger partial charge in [0.15, 0.2) is 0 Å². The quantitative estimate of drug-likeness (QED) is 0.297. The molecule has 1 fully saturated rings. The number of nitrogens with zero attached hydrogens (tertiary/aromatic N) is 3. The number of nitrogens with one attached hydrogen (secondary N) is 2. The molecule has 44 heavy (non-hydrogen) atoms. The topological polar surface area (TPSA) is 121 Å². The highest BCUT2D eigenvalue weighted by atomic mass is 16.5. The lowest BCUT2D eigenvalue weighted by Gasteiger charge is -2.32. The van der Waals surface area contributed by atoms with Crippen molar-refractivity contribution < 1.29 is 28.7 Å². The fourth-order valence-electron chi connectivity index (χ4n) is 5.19. The van der Waals surface area contributed by atoms with Crippen LogP contribution in [0.15, 0.2) is 66.7 Å². The number of benzene rings is 3. The van der Waals surface area contributed by atoms with E-state index in [-0.39, 0.29) is 11.8 Å². The van der Waals surface area contributed by atoms with E-state index in [1.165, 1.54) is 14.2 Å². The first-order chi connectivity index (χ1) is 21.2. The van der Waals surface area contributed by atoms with Crippen molar-refractivity contribution in [3.63, 3.8) is 0 Å². The van der Waals surface area contributed by atoms with E-state index in [1.54, 1.807) is 54.4 Å². The molecule has 2 heterocycles. The lowest BCUT2D eigenvalue weighted by Crippen LogP contribution is -2.48. The summed E-state index contributed by atoms with van der Waals surface area (Å²) in [7, 11) is 6.45. The summed E-state index contributed by atoms with van der Waals surface area (Å²) in [6.45, 7) is 3.94. The van der Waals surface area contributed by atoms with E-state index in [2.05, 4.69) is 27.5 Å². The first-order valence-corrected chi connectivity index (χ1v) is 14.2. The van der Waals surface area contributed by atoms with Gasteiger partial charge >= 0.3 is 11.9 Å². The fraction of sp³-hybridized carbons (Fsp3) is 0.273. The van der Waals surface area contributed by atoms with E-state index in [4.69, 9.17) is 9.47 Å². The SMILES string of the molecule is COC(=O)c1ccc(/C(Nc2ccc(N(C)C(=O)CN3CCN(C)CC3)cc2)=C2/C(=O)Nc3ccc(C(=O)OC)cc32)cc1. The number of carbonyl (C=O) groups excluding carboxylic acids is 4. The number of piperazine rings is 1. The zero-order valence-corrected chi connectivity index (χ0v) is 25.2. The van der Waals surface area contributed by atoms with Crippen molar-refractivity contribution in [2.45, 2.75) is 0 Å². The molecule has 0 spiro atoms. The predicted molar refractivity (Wildman–Crippen MR) is 168 cm³/mol. The van der Waals surface area contributed by atoms with Gasteiger partial charge in [-0.05, 0) is 67.2 Å². The van der Waals surface area contributed by atoms with Crippen LogP contribution in [0.1, 0.15) is 31.8 Å². The summed E-state index contributed by atoms with van der Waals surface area (Å²) in [5.41, 5.74) is 4.56. The van der Waals surface area contributed by atoms with Crippen LogP contribution in [0, 0.1) is 0 Å². The largest absolute Gasteiger partial charge is 0.465 e. The Bertz CT molecular complexity index is 1610. The molecule has 2 amide bonds. The number of amides is 2. The lowest BCUT2D eigenvalue weighted by molar-refractivity contribution is -0.119. The van der Waals surface area contributed by atoms with E-state index in [9.17, 15) is 19.2 Å². The number of esters is 2. The highest BCUT2D eigenvalue weighted by Gasteiger charge is 2.30. The molecule has 0 radical (unpaired) electrons. The van der Waals surface area contributed by atoms with Gasteiger partial charge in [0.1, 0.15) is 0 Å². The average Bonchev–Trinajstić information content (AvgIpc) is 3.38. The lowest BCUT2D eigenvalue weighted by atomic mass is 9.97. The van der Waals surface area contributed by atoms with Crippen LogP contribution >= 0.6 is 0 Å². The van der Waals surface area contributed by atoms with Crippen molar-refractivity contribution in [2.75, 3.05) is 76.6 Å². The molecule has 1 saturated heterocycles. The molecule has 5 rings (SSSR count). The monoisotopic (exact) mass is 597 g/mol. The van der Waals surface area contributed by atoms with Crippen molar-refractivity contribution in [3.8, 4) is 0 Å². The van der Waals surface area contributed by atoms with Gasteiger partial charge in [0.2, 0.25) is 5.91 Å². The van der Waals surface area contributed by atoms with Crippen molar-refractivity contribution in [2.24, 2.45) is 0 Å². The number of rotatable bonds is 8. The molecule has 0 unspecified atom stereocenters. The standard InChI is InChI=1S/C33H35N5O6/c1-36-15-17-38(18-16-36)20-28(39)37(2)25-12-10-24(11-13-25)34-30(21-5-7-22(8-6-21)32(41)43-3)29-26-19-23(33(42)44-4)9-14-27(26)35-31(29)40/h5-14,19,34H,15-18,20H2,1-4H3,(H,35,40)/b30-29-. The average molecular weight is 598 g/mol. The molecule has 2 aliphatic rings. The summed E-state index contributed by atoms with van der Waals surface area (Å²) in [5.74, 6) is -1.35. The molecule has 2 aliphatic heterocycles. The summed E-state index contributed by atoms with van der Waals surface area (Å²) in [5, 5.41) is 6.23. The second-order valence-electron chi connectivity index (χ2n) is 10.7. The van der Waals surface area contributed by atoms with Gasteiger partial charge in [0, 0.05) is 55.9 Å². The van der Waals surface area contributed by atoms with Crippen molar-refractivity contribution in [1.29, 1.82) is 0 Å². The summed E-state index contributed by atoms with van der Waals surface area (Å²) in [6.07, 6.45) is 0. The fourth-order valence-corrected chi connectivity index (χ4v) is 5.19. The summed E-state index contributed by atoms with van der Waals surface area (Å²) in [4.78, 5) is 56.8. The third-order valence-corrected chi connectivity index (χ3v) is 7.88. The third kappa shape index (κ3) is 6.48. The Morgan fingerprint density at radius 3 is 2.07 bits per heavy atom. The van der Waals surface area contributed by atoms with Gasteiger partial charge in [0.25, 0.3) is 5.91 Å². The highest BCUT2D eigenvalue weighted by molar-refractivity contribution is 6.37. The van der Waals surface area contributed by atoms with Crippen molar-refractivity contribution >= 4 is 52.1 Å². The van der Waals surface area contributed by atoms with Crippen molar-refractivity contribution in [3.05, 3.63) is 89.0 Å². The van der Waals surface area contributed by atoms with Crippen LogP contribution in [0.5, 0.6) is 0 Å². The molecule has 2 N–H and O–H groups in total. The zero-order valence-electron chi connectivity index (χ0n) is 25.2. The number of hydrogen-bond acceptors (Lipinski definition) is 9. The van der Waals surface area contributed by atoms with Crippen LogP contribution in [-0.2, 0) is 19.1 Å². The second-order valence-corrected chi connectivity index (χ2v) is 10.7. The normalized spacial score (nSPS) is 16.0. The van der Waals surface area contributed by atoms with Crippen LogP contribution in [0.2, 0.25) is 0 Å². The van der Waals surface area contributed by atoms with Crippen molar-refractivity contribution in [1.82, 2.24) is 9.80 Å². The molecule has 11 nitrogen and oxygen atoms in total. The van der Waals surface area contributed by atoms with E-state index < -0.39 is 11.9 Å². The minimum absolute atomic E-state index is 0.00408. The maximum atomic E-state index is 13.4. The van der Waals surface area contributed by atoms with Crippen LogP contribution in [-0.4, -0.2) is 94.6 Å². The van der Waals surface area contributed by atoms with E-state index in [0.29, 0.717) is 51.4 Å². The Morgan fingerprint density at radius 1 is 0.841 bits per heavy atom. The molecular formula is C33H35N5O6. The smallest absolute Gasteiger partial charge is 0.337 e. The molecule has 3 aromatic carbocycles. The van der Waals surface area contributed by atoms with Gasteiger partial charge in [0.05, 0.1) is 43.2 Å². The number of hydrogen-bond donors (Lipinski definition) is 2. The maximum Gasteiger partial charge on any atom is 0.337 e. The molecule has 0 saturated carbocycles. The Morgan fingerprint density at radius 2 is 1.43 bits per heavy atom. The Labute approximate surface area is 256 Å². The number of anilines is 3. The molecule has 0 atom stereocenters. The molecular weight excluding hydrogens is 562 g/mol. The second kappa shape index (κ2) is 13.1. The van der Waals surface area contributed by atoms with Crippen LogP contribution < -0.4 is 15.5 Å². The zero-order chi connectivity index (χ0) is 31.4. The molecule has 3 aromatic rings. The third-order valence-electron chi connectivity index (χ3n) is 7.88. The van der Waals surface area contributed by atoms with Gasteiger partial charge in [-0.3, -0.25) is 14.5 Å². The minimum atomic E-state index is -0.523. The summed E-state index contributed by atoms with van der Waals surface area (Å²) in [6, 6.07) is 18.9. The number of methoxy groups -OCH3 is 2. The predicted octanol–water partition coefficient (Wildman–Crippen LogP) is 3.40. The van der Waals surface area contributed by atoms with Gasteiger partial charge in [-0.15, -0.1) is 0 Å². The molecule has 11 heteroatoms. The van der Waals surface area contributed by atoms with Gasteiger partial charge < -0.3 is 29.9 Å². The maximum absolute atomic E-state index is 13.4. The molecule has 0 aromatic heterocycles. The van der Waals surface area contributed by atoms with E-state index in [1.807, 2.05) is 24.3 Å².